The van der Waals surface area contributed by atoms with Gasteiger partial charge >= 0.3 is 12.3 Å². The lowest BCUT2D eigenvalue weighted by atomic mass is 9.93. The number of ether oxygens (including phenoxy) is 3. The zero-order valence-electron chi connectivity index (χ0n) is 16.6. The Hall–Kier alpha value is -2.79. The summed E-state index contributed by atoms with van der Waals surface area (Å²) in [5.41, 5.74) is -0.576. The van der Waals surface area contributed by atoms with Crippen LogP contribution >= 0.6 is 0 Å². The molecule has 1 atom stereocenters. The fourth-order valence-electron chi connectivity index (χ4n) is 2.61. The highest BCUT2D eigenvalue weighted by Crippen LogP contribution is 2.39. The second-order valence-electron chi connectivity index (χ2n) is 6.66. The molecule has 0 N–H and O–H groups in total. The Morgan fingerprint density at radius 3 is 2.23 bits per heavy atom. The van der Waals surface area contributed by atoms with Crippen molar-refractivity contribution in [2.75, 3.05) is 12.4 Å². The topological polar surface area (TPSA) is 102 Å². The van der Waals surface area contributed by atoms with Crippen molar-refractivity contribution in [3.63, 3.8) is 0 Å². The summed E-state index contributed by atoms with van der Waals surface area (Å²) in [7, 11) is -4.59. The van der Waals surface area contributed by atoms with E-state index >= 15 is 0 Å². The molecule has 0 amide bonds. The van der Waals surface area contributed by atoms with E-state index in [1.165, 1.54) is 0 Å². The van der Waals surface area contributed by atoms with Crippen LogP contribution < -0.4 is 9.47 Å². The standard InChI is InChI=1S/C20H21F3O7S/c1-3-19(2,15-7-5-4-6-8-15)29-17-13-14(9-10-16(17)30-20(21,22)23)18(24)28-11-12-31(25,26)27/h4-10,13H,3,11-12H2,1-2H3,(H,25,26,27)/p-1. The molecule has 0 saturated heterocycles. The highest BCUT2D eigenvalue weighted by atomic mass is 32.2. The molecule has 0 aliphatic carbocycles. The largest absolute Gasteiger partial charge is 0.748 e. The fourth-order valence-corrected chi connectivity index (χ4v) is 2.90. The van der Waals surface area contributed by atoms with Crippen LogP contribution in [0.4, 0.5) is 13.2 Å². The number of hydrogen-bond acceptors (Lipinski definition) is 7. The Morgan fingerprint density at radius 2 is 1.68 bits per heavy atom. The molecule has 0 fully saturated rings. The second kappa shape index (κ2) is 9.56. The third-order valence-corrected chi connectivity index (χ3v) is 5.03. The van der Waals surface area contributed by atoms with Gasteiger partial charge in [-0.25, -0.2) is 13.2 Å². The molecular formula is C20H20F3O7S-. The normalized spacial score (nSPS) is 13.9. The van der Waals surface area contributed by atoms with Crippen molar-refractivity contribution in [2.45, 2.75) is 32.2 Å². The van der Waals surface area contributed by atoms with Crippen molar-refractivity contribution >= 4 is 16.1 Å². The Kier molecular flexibility index (Phi) is 7.55. The maximum atomic E-state index is 12.8. The molecule has 0 bridgehead atoms. The molecule has 2 aromatic rings. The zero-order chi connectivity index (χ0) is 23.3. The number of carbonyl (C=O) groups excluding carboxylic acids is 1. The predicted molar refractivity (Wildman–Crippen MR) is 103 cm³/mol. The molecule has 170 valence electrons. The van der Waals surface area contributed by atoms with Crippen LogP contribution in [-0.2, 0) is 20.5 Å². The Labute approximate surface area is 177 Å². The summed E-state index contributed by atoms with van der Waals surface area (Å²) >= 11 is 0. The van der Waals surface area contributed by atoms with Gasteiger partial charge in [0.15, 0.2) is 11.5 Å². The van der Waals surface area contributed by atoms with Gasteiger partial charge in [-0.1, -0.05) is 37.3 Å². The third-order valence-electron chi connectivity index (χ3n) is 4.37. The first-order chi connectivity index (χ1) is 14.3. The first-order valence-corrected chi connectivity index (χ1v) is 10.7. The summed E-state index contributed by atoms with van der Waals surface area (Å²) in [6, 6.07) is 11.7. The fraction of sp³-hybridized carbons (Fsp3) is 0.350. The van der Waals surface area contributed by atoms with Crippen LogP contribution in [0, 0.1) is 0 Å². The molecule has 0 heterocycles. The average Bonchev–Trinajstić information content (AvgIpc) is 2.67. The van der Waals surface area contributed by atoms with Gasteiger partial charge in [-0.3, -0.25) is 0 Å². The van der Waals surface area contributed by atoms with Gasteiger partial charge in [0.05, 0.1) is 21.4 Å². The molecular weight excluding hydrogens is 441 g/mol. The van der Waals surface area contributed by atoms with Crippen LogP contribution in [0.1, 0.15) is 36.2 Å². The maximum absolute atomic E-state index is 12.8. The molecule has 11 heteroatoms. The number of benzene rings is 2. The van der Waals surface area contributed by atoms with Gasteiger partial charge in [0, 0.05) is 0 Å². The Bertz CT molecular complexity index is 1010. The molecule has 0 aromatic heterocycles. The van der Waals surface area contributed by atoms with E-state index in [0.29, 0.717) is 12.0 Å². The van der Waals surface area contributed by atoms with Gasteiger partial charge < -0.3 is 18.8 Å². The zero-order valence-corrected chi connectivity index (χ0v) is 17.5. The van der Waals surface area contributed by atoms with Crippen molar-refractivity contribution in [1.82, 2.24) is 0 Å². The quantitative estimate of drug-likeness (QED) is 0.411. The number of rotatable bonds is 9. The lowest BCUT2D eigenvalue weighted by Gasteiger charge is -2.31. The van der Waals surface area contributed by atoms with E-state index in [4.69, 9.17) is 9.47 Å². The molecule has 1 unspecified atom stereocenters. The van der Waals surface area contributed by atoms with E-state index in [9.17, 15) is 30.9 Å². The number of carbonyl (C=O) groups is 1. The van der Waals surface area contributed by atoms with Crippen LogP contribution in [0.5, 0.6) is 11.5 Å². The van der Waals surface area contributed by atoms with Crippen LogP contribution in [-0.4, -0.2) is 37.7 Å². The minimum absolute atomic E-state index is 0.209. The lowest BCUT2D eigenvalue weighted by molar-refractivity contribution is -0.275. The molecule has 7 nitrogen and oxygen atoms in total. The molecule has 0 radical (unpaired) electrons. The molecule has 0 spiro atoms. The summed E-state index contributed by atoms with van der Waals surface area (Å²) in [6.07, 6.45) is -4.63. The molecule has 0 aliphatic rings. The number of halogens is 3. The smallest absolute Gasteiger partial charge is 0.573 e. The average molecular weight is 461 g/mol. The van der Waals surface area contributed by atoms with Gasteiger partial charge in [0.1, 0.15) is 12.2 Å². The predicted octanol–water partition coefficient (Wildman–Crippen LogP) is 3.99. The van der Waals surface area contributed by atoms with Crippen molar-refractivity contribution < 1.29 is 45.1 Å². The summed E-state index contributed by atoms with van der Waals surface area (Å²) in [6.45, 7) is 2.75. The van der Waals surface area contributed by atoms with Gasteiger partial charge in [-0.05, 0) is 37.1 Å². The van der Waals surface area contributed by atoms with Crippen LogP contribution in [0.3, 0.4) is 0 Å². The van der Waals surface area contributed by atoms with E-state index in [-0.39, 0.29) is 11.3 Å². The number of alkyl halides is 3. The third kappa shape index (κ3) is 7.44. The molecule has 2 aromatic carbocycles. The van der Waals surface area contributed by atoms with E-state index in [0.717, 1.165) is 18.2 Å². The Morgan fingerprint density at radius 1 is 1.03 bits per heavy atom. The SMILES string of the molecule is CCC(C)(Oc1cc(C(=O)OCCS(=O)(=O)[O-])ccc1OC(F)(F)F)c1ccccc1. The van der Waals surface area contributed by atoms with Crippen molar-refractivity contribution in [3.05, 3.63) is 59.7 Å². The summed E-state index contributed by atoms with van der Waals surface area (Å²) in [5, 5.41) is 0. The number of esters is 1. The first-order valence-electron chi connectivity index (χ1n) is 9.08. The van der Waals surface area contributed by atoms with Gasteiger partial charge in [0.25, 0.3) is 0 Å². The molecule has 31 heavy (non-hydrogen) atoms. The number of hydrogen-bond donors (Lipinski definition) is 0. The van der Waals surface area contributed by atoms with Gasteiger partial charge in [0.2, 0.25) is 0 Å². The van der Waals surface area contributed by atoms with Crippen molar-refractivity contribution in [2.24, 2.45) is 0 Å². The highest BCUT2D eigenvalue weighted by Gasteiger charge is 2.35. The monoisotopic (exact) mass is 461 g/mol. The van der Waals surface area contributed by atoms with Crippen LogP contribution in [0.25, 0.3) is 0 Å². The van der Waals surface area contributed by atoms with Crippen molar-refractivity contribution in [3.8, 4) is 11.5 Å². The summed E-state index contributed by atoms with van der Waals surface area (Å²) in [5.74, 6) is -3.00. The first kappa shape index (κ1) is 24.5. The molecule has 0 aliphatic heterocycles. The summed E-state index contributed by atoms with van der Waals surface area (Å²) in [4.78, 5) is 12.1. The maximum Gasteiger partial charge on any atom is 0.573 e. The van der Waals surface area contributed by atoms with E-state index in [1.54, 1.807) is 44.2 Å². The minimum atomic E-state index is -5.00. The summed E-state index contributed by atoms with van der Waals surface area (Å²) < 4.78 is 85.0. The van der Waals surface area contributed by atoms with Gasteiger partial charge in [-0.15, -0.1) is 13.2 Å². The van der Waals surface area contributed by atoms with E-state index in [1.807, 2.05) is 0 Å². The van der Waals surface area contributed by atoms with E-state index in [2.05, 4.69) is 4.74 Å². The van der Waals surface area contributed by atoms with E-state index < -0.39 is 46.2 Å². The molecule has 2 rings (SSSR count). The Balaban J connectivity index is 2.37. The van der Waals surface area contributed by atoms with Crippen LogP contribution in [0.2, 0.25) is 0 Å². The minimum Gasteiger partial charge on any atom is -0.748 e. The second-order valence-corrected chi connectivity index (χ2v) is 8.18. The molecule has 0 saturated carbocycles. The highest BCUT2D eigenvalue weighted by molar-refractivity contribution is 7.85. The van der Waals surface area contributed by atoms with Crippen molar-refractivity contribution in [1.29, 1.82) is 0 Å². The van der Waals surface area contributed by atoms with Gasteiger partial charge in [-0.2, -0.15) is 0 Å². The lowest BCUT2D eigenvalue weighted by Crippen LogP contribution is -2.29. The van der Waals surface area contributed by atoms with Crippen LogP contribution in [0.15, 0.2) is 48.5 Å².